The van der Waals surface area contributed by atoms with Crippen molar-refractivity contribution < 1.29 is 33.4 Å². The van der Waals surface area contributed by atoms with Gasteiger partial charge in [0.1, 0.15) is 5.75 Å². The number of esters is 2. The van der Waals surface area contributed by atoms with E-state index in [-0.39, 0.29) is 52.7 Å². The van der Waals surface area contributed by atoms with Crippen molar-refractivity contribution in [3.8, 4) is 5.75 Å². The number of Topliss-reactive ketones (excluding diaryl/α,β-unsaturated/α-hetero) is 1. The van der Waals surface area contributed by atoms with Crippen LogP contribution in [0.1, 0.15) is 61.0 Å². The summed E-state index contributed by atoms with van der Waals surface area (Å²) in [5, 5.41) is 0. The van der Waals surface area contributed by atoms with Crippen LogP contribution in [-0.2, 0) is 14.3 Å². The normalized spacial score (nSPS) is 22.9. The number of fused-ring (bicyclic) bond motifs is 5. The van der Waals surface area contributed by atoms with Crippen LogP contribution in [0.3, 0.4) is 0 Å². The number of benzene rings is 4. The summed E-state index contributed by atoms with van der Waals surface area (Å²) in [4.78, 5) is 66.1. The van der Waals surface area contributed by atoms with Gasteiger partial charge >= 0.3 is 11.9 Å². The van der Waals surface area contributed by atoms with Crippen molar-refractivity contribution in [3.63, 3.8) is 0 Å². The van der Waals surface area contributed by atoms with Crippen molar-refractivity contribution in [1.29, 1.82) is 0 Å². The van der Waals surface area contributed by atoms with Gasteiger partial charge in [0.2, 0.25) is 11.8 Å². The molecule has 8 nitrogen and oxygen atoms in total. The molecule has 0 N–H and O–H groups in total. The number of carbonyl (C=O) groups excluding carboxylic acids is 5. The fourth-order valence-corrected chi connectivity index (χ4v) is 7.41. The van der Waals surface area contributed by atoms with E-state index >= 15 is 0 Å². The second-order valence-corrected chi connectivity index (χ2v) is 12.3. The van der Waals surface area contributed by atoms with Crippen molar-refractivity contribution in [3.05, 3.63) is 131 Å². The number of ether oxygens (including phenoxy) is 2. The summed E-state index contributed by atoms with van der Waals surface area (Å²) in [6, 6.07) is 29.3. The van der Waals surface area contributed by atoms with Gasteiger partial charge in [-0.05, 0) is 104 Å². The third-order valence-corrected chi connectivity index (χ3v) is 9.61. The Morgan fingerprint density at radius 3 is 2.00 bits per heavy atom. The van der Waals surface area contributed by atoms with Crippen LogP contribution in [0.4, 0.5) is 5.69 Å². The summed E-state index contributed by atoms with van der Waals surface area (Å²) < 4.78 is 10.6. The molecule has 7 rings (SSSR count). The largest absolute Gasteiger partial charge is 0.454 e. The highest BCUT2D eigenvalue weighted by Crippen LogP contribution is 2.61. The van der Waals surface area contributed by atoms with Crippen LogP contribution in [0.2, 0.25) is 0 Å². The van der Waals surface area contributed by atoms with E-state index in [2.05, 4.69) is 12.1 Å². The first-order valence-electron chi connectivity index (χ1n) is 15.4. The molecule has 2 saturated carbocycles. The zero-order chi connectivity index (χ0) is 31.9. The van der Waals surface area contributed by atoms with Crippen LogP contribution in [-0.4, -0.2) is 36.1 Å². The summed E-state index contributed by atoms with van der Waals surface area (Å²) in [6.45, 7) is 1.44. The van der Waals surface area contributed by atoms with Crippen LogP contribution in [0.15, 0.2) is 103 Å². The number of hydrogen-bond acceptors (Lipinski definition) is 7. The first-order chi connectivity index (χ1) is 22.3. The lowest BCUT2D eigenvalue weighted by molar-refractivity contribution is -0.123. The molecule has 2 amide bonds. The highest BCUT2D eigenvalue weighted by Gasteiger charge is 2.64. The van der Waals surface area contributed by atoms with Gasteiger partial charge in [0.25, 0.3) is 0 Å². The van der Waals surface area contributed by atoms with Crippen molar-refractivity contribution in [1.82, 2.24) is 0 Å². The molecule has 0 spiro atoms. The quantitative estimate of drug-likeness (QED) is 0.101. The van der Waals surface area contributed by atoms with Crippen molar-refractivity contribution in [2.24, 2.45) is 23.7 Å². The summed E-state index contributed by atoms with van der Waals surface area (Å²) in [7, 11) is 0. The molecule has 4 aromatic carbocycles. The number of aryl methyl sites for hydroxylation is 1. The molecule has 46 heavy (non-hydrogen) atoms. The smallest absolute Gasteiger partial charge is 0.343 e. The van der Waals surface area contributed by atoms with E-state index in [9.17, 15) is 24.0 Å². The van der Waals surface area contributed by atoms with Gasteiger partial charge in [-0.2, -0.15) is 0 Å². The van der Waals surface area contributed by atoms with E-state index in [0.29, 0.717) is 16.8 Å². The standard InChI is InChI=1S/C38H31NO7/c1-22-7-9-26(10-8-22)38(44)46-29-17-13-24(14-18-29)32(40)21-45-37(43)25-11-15-28(16-12-25)39-35(41)33-27-19-30(23-5-3-2-4-6-23)31(20-27)34(33)36(39)42/h2-18,27,30-31,33-34H,19-21H2,1H3/t27-,30-,31-,33+,34+/m1/s1. The molecule has 1 heterocycles. The Morgan fingerprint density at radius 2 is 1.30 bits per heavy atom. The molecule has 2 bridgehead atoms. The minimum absolute atomic E-state index is 0.149. The lowest BCUT2D eigenvalue weighted by Crippen LogP contribution is -2.33. The Hall–Kier alpha value is -5.37. The average molecular weight is 614 g/mol. The molecule has 3 fully saturated rings. The van der Waals surface area contributed by atoms with E-state index in [1.807, 2.05) is 37.3 Å². The van der Waals surface area contributed by atoms with Gasteiger partial charge in [0.15, 0.2) is 12.4 Å². The maximum Gasteiger partial charge on any atom is 0.343 e. The molecule has 0 aromatic heterocycles. The molecule has 1 saturated heterocycles. The van der Waals surface area contributed by atoms with E-state index in [4.69, 9.17) is 9.47 Å². The van der Waals surface area contributed by atoms with Crippen molar-refractivity contribution in [2.45, 2.75) is 25.7 Å². The summed E-state index contributed by atoms with van der Waals surface area (Å²) in [5.74, 6) is -1.68. The van der Waals surface area contributed by atoms with Crippen LogP contribution in [0, 0.1) is 30.6 Å². The third kappa shape index (κ3) is 5.30. The van der Waals surface area contributed by atoms with Crippen molar-refractivity contribution in [2.75, 3.05) is 11.5 Å². The van der Waals surface area contributed by atoms with Gasteiger partial charge in [-0.3, -0.25) is 19.3 Å². The Labute approximate surface area is 265 Å². The highest BCUT2D eigenvalue weighted by atomic mass is 16.5. The Kier molecular flexibility index (Phi) is 7.56. The number of rotatable bonds is 8. The maximum absolute atomic E-state index is 13.6. The van der Waals surface area contributed by atoms with Gasteiger partial charge in [-0.1, -0.05) is 48.0 Å². The van der Waals surface area contributed by atoms with E-state index < -0.39 is 24.3 Å². The average Bonchev–Trinajstić information content (AvgIpc) is 3.75. The number of imide groups is 1. The Bertz CT molecular complexity index is 1830. The molecule has 1 aliphatic heterocycles. The fraction of sp³-hybridized carbons (Fsp3) is 0.237. The predicted octanol–water partition coefficient (Wildman–Crippen LogP) is 6.18. The zero-order valence-electron chi connectivity index (χ0n) is 25.1. The molecular formula is C38H31NO7. The number of amides is 2. The van der Waals surface area contributed by atoms with Gasteiger partial charge in [-0.15, -0.1) is 0 Å². The Balaban J connectivity index is 0.946. The van der Waals surface area contributed by atoms with Crippen molar-refractivity contribution >= 4 is 35.2 Å². The van der Waals surface area contributed by atoms with E-state index in [0.717, 1.165) is 18.4 Å². The van der Waals surface area contributed by atoms with Crippen LogP contribution < -0.4 is 9.64 Å². The van der Waals surface area contributed by atoms with Gasteiger partial charge in [0.05, 0.1) is 28.7 Å². The molecule has 0 unspecified atom stereocenters. The molecule has 2 aliphatic carbocycles. The van der Waals surface area contributed by atoms with Crippen LogP contribution in [0.5, 0.6) is 5.75 Å². The van der Waals surface area contributed by atoms with Crippen LogP contribution >= 0.6 is 0 Å². The first-order valence-corrected chi connectivity index (χ1v) is 15.4. The molecule has 230 valence electrons. The predicted molar refractivity (Wildman–Crippen MR) is 169 cm³/mol. The van der Waals surface area contributed by atoms with Gasteiger partial charge < -0.3 is 9.47 Å². The summed E-state index contributed by atoms with van der Waals surface area (Å²) in [5.41, 5.74) is 3.58. The molecule has 0 radical (unpaired) electrons. The second kappa shape index (κ2) is 11.9. The maximum atomic E-state index is 13.6. The minimum atomic E-state index is -0.705. The lowest BCUT2D eigenvalue weighted by Gasteiger charge is -2.28. The number of carbonyl (C=O) groups is 5. The number of hydrogen-bond donors (Lipinski definition) is 0. The molecule has 5 atom stereocenters. The highest BCUT2D eigenvalue weighted by molar-refractivity contribution is 6.22. The van der Waals surface area contributed by atoms with E-state index in [1.54, 1.807) is 24.3 Å². The lowest BCUT2D eigenvalue weighted by atomic mass is 9.73. The van der Waals surface area contributed by atoms with Gasteiger partial charge in [0, 0.05) is 5.56 Å². The number of nitrogens with zero attached hydrogens (tertiary/aromatic N) is 1. The SMILES string of the molecule is Cc1ccc(C(=O)Oc2ccc(C(=O)COC(=O)c3ccc(N4C(=O)[C@H]5[C@H]6C[C@@H]([C@@H]5C4=O)[C@@H](c4ccccc4)C6)cc3)cc2)cc1. The third-order valence-electron chi connectivity index (χ3n) is 9.61. The first kappa shape index (κ1) is 29.3. The zero-order valence-corrected chi connectivity index (χ0v) is 25.1. The summed E-state index contributed by atoms with van der Waals surface area (Å²) >= 11 is 0. The van der Waals surface area contributed by atoms with Crippen LogP contribution in [0.25, 0.3) is 0 Å². The number of anilines is 1. The Morgan fingerprint density at radius 1 is 0.696 bits per heavy atom. The van der Waals surface area contributed by atoms with E-state index in [1.165, 1.54) is 46.9 Å². The summed E-state index contributed by atoms with van der Waals surface area (Å²) in [6.07, 6.45) is 1.81. The number of ketones is 1. The van der Waals surface area contributed by atoms with Gasteiger partial charge in [-0.25, -0.2) is 9.59 Å². The monoisotopic (exact) mass is 613 g/mol. The topological polar surface area (TPSA) is 107 Å². The second-order valence-electron chi connectivity index (χ2n) is 12.3. The molecule has 8 heteroatoms. The minimum Gasteiger partial charge on any atom is -0.454 e. The molecular weight excluding hydrogens is 582 g/mol. The fourth-order valence-electron chi connectivity index (χ4n) is 7.41. The molecule has 4 aromatic rings. The molecule has 3 aliphatic rings.